The number of rotatable bonds is 3. The summed E-state index contributed by atoms with van der Waals surface area (Å²) in [6, 6.07) is 0.378. The summed E-state index contributed by atoms with van der Waals surface area (Å²) in [7, 11) is 0. The van der Waals surface area contributed by atoms with Crippen LogP contribution in [-0.2, 0) is 4.74 Å². The molecule has 2 N–H and O–H groups in total. The minimum absolute atomic E-state index is 0.215. The summed E-state index contributed by atoms with van der Waals surface area (Å²) in [6.45, 7) is 5.49. The topological polar surface area (TPSA) is 35.2 Å². The molecule has 2 rings (SSSR count). The highest BCUT2D eigenvalue weighted by atomic mass is 16.5. The van der Waals surface area contributed by atoms with Gasteiger partial charge in [0.05, 0.1) is 5.60 Å². The van der Waals surface area contributed by atoms with Gasteiger partial charge in [-0.3, -0.25) is 0 Å². The van der Waals surface area contributed by atoms with Crippen molar-refractivity contribution < 1.29 is 4.74 Å². The van der Waals surface area contributed by atoms with E-state index in [1.807, 2.05) is 0 Å². The van der Waals surface area contributed by atoms with Gasteiger partial charge in [0.1, 0.15) is 0 Å². The second-order valence-corrected chi connectivity index (χ2v) is 6.31. The molecule has 0 aromatic rings. The smallest absolute Gasteiger partial charge is 0.0685 e. The minimum atomic E-state index is 0.215. The lowest BCUT2D eigenvalue weighted by molar-refractivity contribution is -0.122. The van der Waals surface area contributed by atoms with Gasteiger partial charge < -0.3 is 10.5 Å². The summed E-state index contributed by atoms with van der Waals surface area (Å²) >= 11 is 0. The second-order valence-electron chi connectivity index (χ2n) is 6.31. The van der Waals surface area contributed by atoms with Crippen molar-refractivity contribution in [2.75, 3.05) is 6.61 Å². The normalized spacial score (nSPS) is 32.3. The number of ether oxygens (including phenoxy) is 1. The molecule has 0 radical (unpaired) electrons. The van der Waals surface area contributed by atoms with Crippen LogP contribution in [0.25, 0.3) is 0 Å². The van der Waals surface area contributed by atoms with E-state index in [9.17, 15) is 0 Å². The zero-order chi connectivity index (χ0) is 12.3. The molecule has 1 saturated heterocycles. The minimum Gasteiger partial charge on any atom is -0.375 e. The third-order valence-corrected chi connectivity index (χ3v) is 5.14. The molecule has 2 fully saturated rings. The molecule has 1 heterocycles. The molecule has 0 bridgehead atoms. The zero-order valence-corrected chi connectivity index (χ0v) is 11.6. The monoisotopic (exact) mass is 239 g/mol. The van der Waals surface area contributed by atoms with Crippen molar-refractivity contribution in [1.82, 2.24) is 0 Å². The number of hydrogen-bond donors (Lipinski definition) is 1. The lowest BCUT2D eigenvalue weighted by Gasteiger charge is -2.45. The highest BCUT2D eigenvalue weighted by Crippen LogP contribution is 2.42. The van der Waals surface area contributed by atoms with Crippen LogP contribution in [0, 0.1) is 11.8 Å². The molecule has 17 heavy (non-hydrogen) atoms. The van der Waals surface area contributed by atoms with Gasteiger partial charge in [-0.15, -0.1) is 0 Å². The molecule has 1 spiro atoms. The SMILES string of the molecule is CCC(C)C(N)C1CCOC2(CCCCC2)C1. The molecule has 1 aliphatic carbocycles. The van der Waals surface area contributed by atoms with E-state index in [1.54, 1.807) is 0 Å². The maximum absolute atomic E-state index is 6.44. The van der Waals surface area contributed by atoms with Gasteiger partial charge in [0.15, 0.2) is 0 Å². The highest BCUT2D eigenvalue weighted by molar-refractivity contribution is 4.93. The fraction of sp³-hybridized carbons (Fsp3) is 1.00. The summed E-state index contributed by atoms with van der Waals surface area (Å²) in [5.74, 6) is 1.34. The molecule has 0 amide bonds. The first-order chi connectivity index (χ1) is 8.17. The van der Waals surface area contributed by atoms with E-state index in [-0.39, 0.29) is 5.60 Å². The van der Waals surface area contributed by atoms with Crippen molar-refractivity contribution >= 4 is 0 Å². The summed E-state index contributed by atoms with van der Waals surface area (Å²) in [4.78, 5) is 0. The van der Waals surface area contributed by atoms with Crippen molar-refractivity contribution in [1.29, 1.82) is 0 Å². The van der Waals surface area contributed by atoms with Gasteiger partial charge in [-0.1, -0.05) is 39.5 Å². The average molecular weight is 239 g/mol. The molecule has 2 nitrogen and oxygen atoms in total. The van der Waals surface area contributed by atoms with Gasteiger partial charge in [-0.05, 0) is 37.5 Å². The lowest BCUT2D eigenvalue weighted by atomic mass is 9.72. The Hall–Kier alpha value is -0.0800. The Balaban J connectivity index is 1.96. The molecule has 1 saturated carbocycles. The van der Waals surface area contributed by atoms with Crippen molar-refractivity contribution in [3.05, 3.63) is 0 Å². The van der Waals surface area contributed by atoms with Crippen LogP contribution in [0.5, 0.6) is 0 Å². The van der Waals surface area contributed by atoms with Crippen LogP contribution in [0.1, 0.15) is 65.2 Å². The van der Waals surface area contributed by atoms with E-state index in [0.29, 0.717) is 17.9 Å². The Morgan fingerprint density at radius 1 is 1.29 bits per heavy atom. The summed E-state index contributed by atoms with van der Waals surface area (Å²) < 4.78 is 6.14. The molecule has 100 valence electrons. The van der Waals surface area contributed by atoms with E-state index >= 15 is 0 Å². The van der Waals surface area contributed by atoms with Crippen LogP contribution in [-0.4, -0.2) is 18.2 Å². The van der Waals surface area contributed by atoms with Gasteiger partial charge in [0.2, 0.25) is 0 Å². The van der Waals surface area contributed by atoms with Crippen LogP contribution < -0.4 is 5.73 Å². The molecule has 0 aromatic carbocycles. The van der Waals surface area contributed by atoms with E-state index in [2.05, 4.69) is 13.8 Å². The van der Waals surface area contributed by atoms with Gasteiger partial charge in [0.25, 0.3) is 0 Å². The van der Waals surface area contributed by atoms with Gasteiger partial charge in [-0.2, -0.15) is 0 Å². The first kappa shape index (κ1) is 13.4. The van der Waals surface area contributed by atoms with Crippen molar-refractivity contribution in [3.8, 4) is 0 Å². The van der Waals surface area contributed by atoms with Crippen LogP contribution in [0.15, 0.2) is 0 Å². The van der Waals surface area contributed by atoms with Crippen LogP contribution in [0.4, 0.5) is 0 Å². The third-order valence-electron chi connectivity index (χ3n) is 5.14. The Labute approximate surface area is 106 Å². The van der Waals surface area contributed by atoms with Crippen molar-refractivity contribution in [3.63, 3.8) is 0 Å². The van der Waals surface area contributed by atoms with Crippen molar-refractivity contribution in [2.24, 2.45) is 17.6 Å². The van der Waals surface area contributed by atoms with E-state index in [1.165, 1.54) is 51.4 Å². The molecule has 1 aliphatic heterocycles. The first-order valence-electron chi connectivity index (χ1n) is 7.56. The molecular formula is C15H29NO. The second kappa shape index (κ2) is 5.71. The molecule has 2 aliphatic rings. The summed E-state index contributed by atoms with van der Waals surface area (Å²) in [6.07, 6.45) is 10.2. The fourth-order valence-electron chi connectivity index (χ4n) is 3.68. The Bertz CT molecular complexity index is 230. The molecule has 0 aromatic heterocycles. The average Bonchev–Trinajstić information content (AvgIpc) is 2.38. The lowest BCUT2D eigenvalue weighted by Crippen LogP contribution is -2.48. The zero-order valence-electron chi connectivity index (χ0n) is 11.6. The van der Waals surface area contributed by atoms with Crippen LogP contribution >= 0.6 is 0 Å². The third kappa shape index (κ3) is 3.03. The number of nitrogens with two attached hydrogens (primary N) is 1. The predicted molar refractivity (Wildman–Crippen MR) is 71.9 cm³/mol. The maximum Gasteiger partial charge on any atom is 0.0685 e. The maximum atomic E-state index is 6.44. The highest BCUT2D eigenvalue weighted by Gasteiger charge is 2.40. The van der Waals surface area contributed by atoms with E-state index in [0.717, 1.165) is 6.61 Å². The van der Waals surface area contributed by atoms with E-state index in [4.69, 9.17) is 10.5 Å². The first-order valence-corrected chi connectivity index (χ1v) is 7.56. The van der Waals surface area contributed by atoms with E-state index < -0.39 is 0 Å². The standard InChI is InChI=1S/C15H29NO/c1-3-12(2)14(16)13-7-10-17-15(11-13)8-5-4-6-9-15/h12-14H,3-11,16H2,1-2H3. The van der Waals surface area contributed by atoms with Crippen molar-refractivity contribution in [2.45, 2.75) is 76.9 Å². The van der Waals surface area contributed by atoms with Crippen LogP contribution in [0.2, 0.25) is 0 Å². The molecule has 3 atom stereocenters. The molecular weight excluding hydrogens is 210 g/mol. The quantitative estimate of drug-likeness (QED) is 0.818. The predicted octanol–water partition coefficient (Wildman–Crippen LogP) is 3.49. The molecule has 2 heteroatoms. The fourth-order valence-corrected chi connectivity index (χ4v) is 3.68. The summed E-state index contributed by atoms with van der Waals surface area (Å²) in [5, 5.41) is 0. The Morgan fingerprint density at radius 2 is 2.00 bits per heavy atom. The van der Waals surface area contributed by atoms with Crippen LogP contribution in [0.3, 0.4) is 0 Å². The Morgan fingerprint density at radius 3 is 2.65 bits per heavy atom. The largest absolute Gasteiger partial charge is 0.375 e. The molecule has 3 unspecified atom stereocenters. The summed E-state index contributed by atoms with van der Waals surface area (Å²) in [5.41, 5.74) is 6.65. The number of hydrogen-bond acceptors (Lipinski definition) is 2. The van der Waals surface area contributed by atoms with Gasteiger partial charge >= 0.3 is 0 Å². The van der Waals surface area contributed by atoms with Gasteiger partial charge in [-0.25, -0.2) is 0 Å². The van der Waals surface area contributed by atoms with Gasteiger partial charge in [0, 0.05) is 12.6 Å². The Kier molecular flexibility index (Phi) is 4.48.